The monoisotopic (exact) mass is 251 g/mol. The highest BCUT2D eigenvalue weighted by atomic mass is 16.4. The summed E-state index contributed by atoms with van der Waals surface area (Å²) in [6.45, 7) is 1.98. The second-order valence-electron chi connectivity index (χ2n) is 4.23. The molecule has 0 fully saturated rings. The van der Waals surface area contributed by atoms with E-state index in [9.17, 15) is 5.21 Å². The smallest absolute Gasteiger partial charge is 0.0871 e. The maximum Gasteiger partial charge on any atom is 0.0871 e. The molecule has 0 atom stereocenters. The Kier molecular flexibility index (Phi) is 4.51. The fourth-order valence-electron chi connectivity index (χ4n) is 1.98. The molecule has 0 radical (unpaired) electrons. The van der Waals surface area contributed by atoms with Gasteiger partial charge in [-0.2, -0.15) is 0 Å². The Bertz CT molecular complexity index is 571. The van der Waals surface area contributed by atoms with Gasteiger partial charge in [-0.1, -0.05) is 72.7 Å². The van der Waals surface area contributed by atoms with Crippen LogP contribution in [0.1, 0.15) is 24.5 Å². The van der Waals surface area contributed by atoms with Gasteiger partial charge in [0.15, 0.2) is 0 Å². The Morgan fingerprint density at radius 3 is 2.11 bits per heavy atom. The molecule has 1 N–H and O–H groups in total. The number of rotatable bonds is 4. The average Bonchev–Trinajstić information content (AvgIpc) is 2.49. The molecule has 2 aromatic rings. The summed E-state index contributed by atoms with van der Waals surface area (Å²) in [6.07, 6.45) is 2.73. The van der Waals surface area contributed by atoms with Gasteiger partial charge in [0.1, 0.15) is 0 Å². The third kappa shape index (κ3) is 3.32. The third-order valence-electron chi connectivity index (χ3n) is 2.96. The highest BCUT2D eigenvalue weighted by molar-refractivity contribution is 6.27. The summed E-state index contributed by atoms with van der Waals surface area (Å²) < 4.78 is 0. The first-order chi connectivity index (χ1) is 9.35. The molecule has 0 amide bonds. The maximum atomic E-state index is 9.18. The van der Waals surface area contributed by atoms with Crippen molar-refractivity contribution >= 4 is 17.4 Å². The van der Waals surface area contributed by atoms with Gasteiger partial charge >= 0.3 is 0 Å². The van der Waals surface area contributed by atoms with E-state index in [4.69, 9.17) is 0 Å². The third-order valence-corrected chi connectivity index (χ3v) is 2.96. The van der Waals surface area contributed by atoms with Crippen molar-refractivity contribution < 1.29 is 5.21 Å². The summed E-state index contributed by atoms with van der Waals surface area (Å²) in [7, 11) is 0. The van der Waals surface area contributed by atoms with E-state index in [1.165, 1.54) is 0 Å². The van der Waals surface area contributed by atoms with Gasteiger partial charge in [-0.25, -0.2) is 0 Å². The van der Waals surface area contributed by atoms with Gasteiger partial charge in [-0.05, 0) is 23.6 Å². The van der Waals surface area contributed by atoms with Crippen LogP contribution in [-0.4, -0.2) is 10.9 Å². The molecule has 0 saturated carbocycles. The minimum atomic E-state index is 0.685. The zero-order valence-corrected chi connectivity index (χ0v) is 11.0. The van der Waals surface area contributed by atoms with Crippen molar-refractivity contribution in [3.63, 3.8) is 0 Å². The molecule has 19 heavy (non-hydrogen) atoms. The summed E-state index contributed by atoms with van der Waals surface area (Å²) in [5.41, 5.74) is 3.80. The molecule has 0 spiro atoms. The Morgan fingerprint density at radius 2 is 1.58 bits per heavy atom. The van der Waals surface area contributed by atoms with Crippen LogP contribution in [0.4, 0.5) is 0 Å². The lowest BCUT2D eigenvalue weighted by molar-refractivity contribution is 0.319. The maximum absolute atomic E-state index is 9.18. The number of hydrogen-bond acceptors (Lipinski definition) is 2. The SMILES string of the molecule is CCC(=N\O)/C(=C/c1ccccc1)c1ccccc1. The van der Waals surface area contributed by atoms with Gasteiger partial charge in [0.05, 0.1) is 5.71 Å². The van der Waals surface area contributed by atoms with Crippen molar-refractivity contribution in [3.8, 4) is 0 Å². The van der Waals surface area contributed by atoms with E-state index in [0.717, 1.165) is 16.7 Å². The average molecular weight is 251 g/mol. The second kappa shape index (κ2) is 6.55. The molecule has 0 heterocycles. The van der Waals surface area contributed by atoms with E-state index in [-0.39, 0.29) is 0 Å². The van der Waals surface area contributed by atoms with E-state index in [1.54, 1.807) is 0 Å². The highest BCUT2D eigenvalue weighted by Gasteiger charge is 2.08. The molecule has 0 saturated heterocycles. The molecule has 2 nitrogen and oxygen atoms in total. The lowest BCUT2D eigenvalue weighted by Crippen LogP contribution is -2.00. The Balaban J connectivity index is 2.50. The fraction of sp³-hybridized carbons (Fsp3) is 0.118. The van der Waals surface area contributed by atoms with Crippen LogP contribution in [0, 0.1) is 0 Å². The van der Waals surface area contributed by atoms with Crippen LogP contribution < -0.4 is 0 Å². The first-order valence-electron chi connectivity index (χ1n) is 6.38. The first-order valence-corrected chi connectivity index (χ1v) is 6.38. The molecule has 0 aromatic heterocycles. The zero-order chi connectivity index (χ0) is 13.5. The summed E-state index contributed by atoms with van der Waals surface area (Å²) in [4.78, 5) is 0. The van der Waals surface area contributed by atoms with Crippen molar-refractivity contribution in [2.24, 2.45) is 5.16 Å². The summed E-state index contributed by atoms with van der Waals surface area (Å²) in [5, 5.41) is 12.6. The van der Waals surface area contributed by atoms with Gasteiger partial charge in [-0.15, -0.1) is 0 Å². The largest absolute Gasteiger partial charge is 0.411 e. The number of benzene rings is 2. The molecule has 2 heteroatoms. The molecular formula is C17H17NO. The van der Waals surface area contributed by atoms with Crippen LogP contribution in [0.25, 0.3) is 11.6 Å². The van der Waals surface area contributed by atoms with Crippen LogP contribution in [0.5, 0.6) is 0 Å². The number of nitrogens with zero attached hydrogens (tertiary/aromatic N) is 1. The molecular weight excluding hydrogens is 234 g/mol. The predicted octanol–water partition coefficient (Wildman–Crippen LogP) is 4.47. The van der Waals surface area contributed by atoms with E-state index in [2.05, 4.69) is 5.16 Å². The predicted molar refractivity (Wildman–Crippen MR) is 80.3 cm³/mol. The van der Waals surface area contributed by atoms with Gasteiger partial charge in [0.25, 0.3) is 0 Å². The van der Waals surface area contributed by atoms with Gasteiger partial charge in [0.2, 0.25) is 0 Å². The summed E-state index contributed by atoms with van der Waals surface area (Å²) in [6, 6.07) is 20.0. The molecule has 0 aliphatic heterocycles. The number of allylic oxidation sites excluding steroid dienone is 1. The highest BCUT2D eigenvalue weighted by Crippen LogP contribution is 2.21. The van der Waals surface area contributed by atoms with Crippen molar-refractivity contribution in [2.75, 3.05) is 0 Å². The van der Waals surface area contributed by atoms with E-state index < -0.39 is 0 Å². The summed E-state index contributed by atoms with van der Waals surface area (Å²) >= 11 is 0. The van der Waals surface area contributed by atoms with Crippen molar-refractivity contribution in [2.45, 2.75) is 13.3 Å². The van der Waals surface area contributed by atoms with Crippen molar-refractivity contribution in [1.29, 1.82) is 0 Å². The Labute approximate surface area is 113 Å². The van der Waals surface area contributed by atoms with Gasteiger partial charge in [0, 0.05) is 5.57 Å². The van der Waals surface area contributed by atoms with Crippen LogP contribution in [0.15, 0.2) is 65.8 Å². The van der Waals surface area contributed by atoms with E-state index in [1.807, 2.05) is 73.7 Å². The van der Waals surface area contributed by atoms with Crippen LogP contribution in [0.3, 0.4) is 0 Å². The van der Waals surface area contributed by atoms with Crippen molar-refractivity contribution in [1.82, 2.24) is 0 Å². The first kappa shape index (κ1) is 13.1. The topological polar surface area (TPSA) is 32.6 Å². The molecule has 0 aliphatic carbocycles. The minimum absolute atomic E-state index is 0.685. The Morgan fingerprint density at radius 1 is 1.00 bits per heavy atom. The minimum Gasteiger partial charge on any atom is -0.411 e. The molecule has 2 rings (SSSR count). The molecule has 96 valence electrons. The number of hydrogen-bond donors (Lipinski definition) is 1. The molecule has 0 aliphatic rings. The van der Waals surface area contributed by atoms with Crippen molar-refractivity contribution in [3.05, 3.63) is 71.8 Å². The number of oxime groups is 1. The Hall–Kier alpha value is -2.35. The lowest BCUT2D eigenvalue weighted by atomic mass is 9.97. The zero-order valence-electron chi connectivity index (χ0n) is 11.0. The summed E-state index contributed by atoms with van der Waals surface area (Å²) in [5.74, 6) is 0. The van der Waals surface area contributed by atoms with E-state index >= 15 is 0 Å². The lowest BCUT2D eigenvalue weighted by Gasteiger charge is -2.08. The standard InChI is InChI=1S/C17H17NO/c1-2-17(18-19)16(15-11-7-4-8-12-15)13-14-9-5-3-6-10-14/h3-13,19H,2H2,1H3/b16-13+,18-17+. The van der Waals surface area contributed by atoms with Gasteiger partial charge < -0.3 is 5.21 Å². The van der Waals surface area contributed by atoms with Crippen LogP contribution in [0.2, 0.25) is 0 Å². The molecule has 0 bridgehead atoms. The van der Waals surface area contributed by atoms with Crippen LogP contribution in [-0.2, 0) is 0 Å². The van der Waals surface area contributed by atoms with Gasteiger partial charge in [-0.3, -0.25) is 0 Å². The quantitative estimate of drug-likeness (QED) is 0.370. The molecule has 0 unspecified atom stereocenters. The normalized spacial score (nSPS) is 12.5. The second-order valence-corrected chi connectivity index (χ2v) is 4.23. The van der Waals surface area contributed by atoms with Crippen LogP contribution >= 0.6 is 0 Å². The molecule has 2 aromatic carbocycles. The van der Waals surface area contributed by atoms with E-state index in [0.29, 0.717) is 12.1 Å². The fourth-order valence-corrected chi connectivity index (χ4v) is 1.98.